The second-order valence-corrected chi connectivity index (χ2v) is 9.10. The number of aromatic hydroxyl groups is 1. The summed E-state index contributed by atoms with van der Waals surface area (Å²) in [6.07, 6.45) is 2.08. The molecule has 3 nitrogen and oxygen atoms in total. The Balaban J connectivity index is 1.35. The molecule has 1 N–H and O–H groups in total. The molecule has 4 heteroatoms. The van der Waals surface area contributed by atoms with E-state index in [2.05, 4.69) is 18.7 Å². The smallest absolute Gasteiger partial charge is 0.167 e. The molecule has 4 atom stereocenters. The fourth-order valence-corrected chi connectivity index (χ4v) is 5.16. The van der Waals surface area contributed by atoms with Crippen molar-refractivity contribution in [2.75, 3.05) is 19.6 Å². The highest BCUT2D eigenvalue weighted by Crippen LogP contribution is 2.49. The molecule has 1 aliphatic heterocycles. The lowest BCUT2D eigenvalue weighted by atomic mass is 9.83. The van der Waals surface area contributed by atoms with Gasteiger partial charge in [0.15, 0.2) is 11.6 Å². The lowest BCUT2D eigenvalue weighted by Gasteiger charge is -2.26. The first-order valence-electron chi connectivity index (χ1n) is 10.3. The maximum Gasteiger partial charge on any atom is 0.167 e. The van der Waals surface area contributed by atoms with Crippen molar-refractivity contribution in [2.45, 2.75) is 45.6 Å². The van der Waals surface area contributed by atoms with E-state index in [1.165, 1.54) is 5.56 Å². The molecule has 1 heterocycles. The molecule has 0 aromatic heterocycles. The molecule has 0 spiro atoms. The van der Waals surface area contributed by atoms with Crippen LogP contribution in [0.1, 0.15) is 43.7 Å². The zero-order chi connectivity index (χ0) is 19.9. The number of hydrogen-bond donors (Lipinski definition) is 1. The third kappa shape index (κ3) is 3.75. The number of phenols is 1. The Labute approximate surface area is 167 Å². The minimum Gasteiger partial charge on any atom is -0.508 e. The molecule has 2 fully saturated rings. The first kappa shape index (κ1) is 19.3. The van der Waals surface area contributed by atoms with Crippen molar-refractivity contribution < 1.29 is 14.2 Å². The molecule has 28 heavy (non-hydrogen) atoms. The van der Waals surface area contributed by atoms with Crippen molar-refractivity contribution in [3.63, 3.8) is 0 Å². The van der Waals surface area contributed by atoms with Gasteiger partial charge in [0, 0.05) is 19.6 Å². The van der Waals surface area contributed by atoms with Gasteiger partial charge in [0.25, 0.3) is 0 Å². The van der Waals surface area contributed by atoms with Gasteiger partial charge in [-0.3, -0.25) is 0 Å². The van der Waals surface area contributed by atoms with Gasteiger partial charge >= 0.3 is 0 Å². The van der Waals surface area contributed by atoms with Gasteiger partial charge in [-0.2, -0.15) is 0 Å². The normalized spacial score (nSPS) is 28.3. The Morgan fingerprint density at radius 2 is 2.00 bits per heavy atom. The topological polar surface area (TPSA) is 32.7 Å². The number of aryl methyl sites for hydroxylation is 1. The van der Waals surface area contributed by atoms with E-state index in [0.29, 0.717) is 28.9 Å². The summed E-state index contributed by atoms with van der Waals surface area (Å²) in [5.74, 6) is 1.50. The molecule has 4 rings (SSSR count). The number of likely N-dealkylation sites (tertiary alicyclic amines) is 1. The highest BCUT2D eigenvalue weighted by Gasteiger charge is 2.50. The zero-order valence-electron chi connectivity index (χ0n) is 17.0. The fraction of sp³-hybridized carbons (Fsp3) is 0.500. The molecule has 1 saturated heterocycles. The Kier molecular flexibility index (Phi) is 5.09. The van der Waals surface area contributed by atoms with Gasteiger partial charge in [0.1, 0.15) is 5.75 Å². The summed E-state index contributed by atoms with van der Waals surface area (Å²) in [4.78, 5) is 2.56. The Morgan fingerprint density at radius 1 is 1.25 bits per heavy atom. The lowest BCUT2D eigenvalue weighted by Crippen LogP contribution is -2.30. The summed E-state index contributed by atoms with van der Waals surface area (Å²) in [5, 5.41) is 9.48. The number of hydrogen-bond acceptors (Lipinski definition) is 3. The van der Waals surface area contributed by atoms with Crippen LogP contribution in [0.2, 0.25) is 0 Å². The average Bonchev–Trinajstić information content (AvgIpc) is 3.09. The minimum atomic E-state index is -0.228. The maximum atomic E-state index is 14.3. The maximum absolute atomic E-state index is 14.3. The van der Waals surface area contributed by atoms with Crippen LogP contribution < -0.4 is 4.74 Å². The van der Waals surface area contributed by atoms with Crippen molar-refractivity contribution in [1.82, 2.24) is 4.90 Å². The molecule has 2 aromatic carbocycles. The summed E-state index contributed by atoms with van der Waals surface area (Å²) >= 11 is 0. The van der Waals surface area contributed by atoms with E-state index < -0.39 is 0 Å². The highest BCUT2D eigenvalue weighted by molar-refractivity contribution is 5.31. The Morgan fingerprint density at radius 3 is 2.71 bits per heavy atom. The number of halogens is 1. The number of ether oxygens (including phenoxy) is 1. The van der Waals surface area contributed by atoms with Crippen LogP contribution in [0, 0.1) is 24.1 Å². The van der Waals surface area contributed by atoms with Crippen LogP contribution in [0.15, 0.2) is 42.5 Å². The van der Waals surface area contributed by atoms with Gasteiger partial charge in [-0.1, -0.05) is 38.1 Å². The van der Waals surface area contributed by atoms with Gasteiger partial charge in [-0.25, -0.2) is 4.39 Å². The predicted molar refractivity (Wildman–Crippen MR) is 109 cm³/mol. The van der Waals surface area contributed by atoms with Crippen LogP contribution in [-0.4, -0.2) is 35.7 Å². The second-order valence-electron chi connectivity index (χ2n) is 9.10. The van der Waals surface area contributed by atoms with Crippen LogP contribution in [0.25, 0.3) is 0 Å². The molecule has 1 unspecified atom stereocenters. The van der Waals surface area contributed by atoms with Gasteiger partial charge in [0.2, 0.25) is 0 Å². The second kappa shape index (κ2) is 7.40. The van der Waals surface area contributed by atoms with E-state index in [1.54, 1.807) is 31.2 Å². The van der Waals surface area contributed by atoms with Crippen LogP contribution in [-0.2, 0) is 0 Å². The van der Waals surface area contributed by atoms with Crippen LogP contribution >= 0.6 is 0 Å². The van der Waals surface area contributed by atoms with E-state index in [9.17, 15) is 9.50 Å². The summed E-state index contributed by atoms with van der Waals surface area (Å²) < 4.78 is 20.4. The van der Waals surface area contributed by atoms with Gasteiger partial charge in [-0.05, 0) is 66.3 Å². The fourth-order valence-electron chi connectivity index (χ4n) is 5.16. The van der Waals surface area contributed by atoms with Crippen molar-refractivity contribution in [3.8, 4) is 11.5 Å². The SMILES string of the molecule is Cc1cccc(O[C@H]2C[C@@H]3CN(CC(C)c4ccc(O)cc4)C[C@]3(C)C2)c1F. The lowest BCUT2D eigenvalue weighted by molar-refractivity contribution is 0.163. The average molecular weight is 384 g/mol. The highest BCUT2D eigenvalue weighted by atomic mass is 19.1. The molecule has 1 aliphatic carbocycles. The molecule has 2 aliphatic rings. The van der Waals surface area contributed by atoms with Crippen molar-refractivity contribution in [3.05, 3.63) is 59.4 Å². The van der Waals surface area contributed by atoms with E-state index in [4.69, 9.17) is 4.74 Å². The first-order chi connectivity index (χ1) is 13.3. The van der Waals surface area contributed by atoms with Crippen molar-refractivity contribution in [1.29, 1.82) is 0 Å². The summed E-state index contributed by atoms with van der Waals surface area (Å²) in [6.45, 7) is 9.55. The van der Waals surface area contributed by atoms with Gasteiger partial charge in [0.05, 0.1) is 6.10 Å². The summed E-state index contributed by atoms with van der Waals surface area (Å²) in [5.41, 5.74) is 2.13. The van der Waals surface area contributed by atoms with Crippen LogP contribution in [0.4, 0.5) is 4.39 Å². The number of phenolic OH excluding ortho intramolecular Hbond substituents is 1. The van der Waals surface area contributed by atoms with Gasteiger partial charge < -0.3 is 14.7 Å². The Bertz CT molecular complexity index is 837. The first-order valence-corrected chi connectivity index (χ1v) is 10.3. The Hall–Kier alpha value is -2.07. The molecular weight excluding hydrogens is 353 g/mol. The largest absolute Gasteiger partial charge is 0.508 e. The van der Waals surface area contributed by atoms with E-state index in [1.807, 2.05) is 18.2 Å². The molecular formula is C24H30FNO2. The number of fused-ring (bicyclic) bond motifs is 1. The number of nitrogens with zero attached hydrogens (tertiary/aromatic N) is 1. The molecule has 150 valence electrons. The molecule has 0 bridgehead atoms. The molecule has 0 amide bonds. The standard InChI is InChI=1S/C24H30FNO2/c1-16-5-4-6-22(23(16)25)28-21-11-19-14-26(15-24(19,3)12-21)13-17(2)18-7-9-20(27)10-8-18/h4-10,17,19,21,27H,11-15H2,1-3H3/t17?,19-,21+,24+/m1/s1. The minimum absolute atomic E-state index is 0.1000. The summed E-state index contributed by atoms with van der Waals surface area (Å²) in [6, 6.07) is 12.9. The van der Waals surface area contributed by atoms with Gasteiger partial charge in [-0.15, -0.1) is 0 Å². The van der Waals surface area contributed by atoms with Crippen LogP contribution in [0.3, 0.4) is 0 Å². The predicted octanol–water partition coefficient (Wildman–Crippen LogP) is 5.12. The number of benzene rings is 2. The van der Waals surface area contributed by atoms with Crippen LogP contribution in [0.5, 0.6) is 11.5 Å². The quantitative estimate of drug-likeness (QED) is 0.778. The molecule has 1 saturated carbocycles. The monoisotopic (exact) mass is 383 g/mol. The van der Waals surface area contributed by atoms with Crippen molar-refractivity contribution >= 4 is 0 Å². The van der Waals surface area contributed by atoms with E-state index in [0.717, 1.165) is 32.5 Å². The van der Waals surface area contributed by atoms with E-state index >= 15 is 0 Å². The molecule has 0 radical (unpaired) electrons. The summed E-state index contributed by atoms with van der Waals surface area (Å²) in [7, 11) is 0. The van der Waals surface area contributed by atoms with Crippen molar-refractivity contribution in [2.24, 2.45) is 11.3 Å². The molecule has 2 aromatic rings. The number of rotatable bonds is 5. The third-order valence-corrected chi connectivity index (χ3v) is 6.73. The van der Waals surface area contributed by atoms with E-state index in [-0.39, 0.29) is 17.3 Å². The zero-order valence-corrected chi connectivity index (χ0v) is 17.0. The third-order valence-electron chi connectivity index (χ3n) is 6.73.